The van der Waals surface area contributed by atoms with Crippen LogP contribution in [-0.4, -0.2) is 44.7 Å². The van der Waals surface area contributed by atoms with Crippen molar-refractivity contribution in [1.29, 1.82) is 0 Å². The van der Waals surface area contributed by atoms with E-state index < -0.39 is 29.4 Å². The second kappa shape index (κ2) is 8.13. The summed E-state index contributed by atoms with van der Waals surface area (Å²) in [6.07, 6.45) is -0.869. The van der Waals surface area contributed by atoms with Crippen molar-refractivity contribution < 1.29 is 34.5 Å². The first kappa shape index (κ1) is 17.9. The summed E-state index contributed by atoms with van der Waals surface area (Å²) in [4.78, 5) is 43.2. The smallest absolute Gasteiger partial charge is 0.303 e. The van der Waals surface area contributed by atoms with Crippen LogP contribution in [0.25, 0.3) is 0 Å². The van der Waals surface area contributed by atoms with Crippen LogP contribution in [0.5, 0.6) is 0 Å². The molecule has 0 spiro atoms. The van der Waals surface area contributed by atoms with Crippen LogP contribution in [0.1, 0.15) is 45.4 Å². The van der Waals surface area contributed by atoms with Gasteiger partial charge in [0.1, 0.15) is 0 Å². The molecule has 0 saturated carbocycles. The van der Waals surface area contributed by atoms with Gasteiger partial charge >= 0.3 is 17.9 Å². The molecule has 0 atom stereocenters. The molecule has 0 aromatic carbocycles. The summed E-state index contributed by atoms with van der Waals surface area (Å²) in [5, 5.41) is 28.7. The zero-order valence-electron chi connectivity index (χ0n) is 11.2. The fourth-order valence-corrected chi connectivity index (χ4v) is 1.97. The molecule has 0 heterocycles. The van der Waals surface area contributed by atoms with E-state index in [0.717, 1.165) is 0 Å². The lowest BCUT2D eigenvalue weighted by molar-refractivity contribution is -0.138. The molecule has 4 N–H and O–H groups in total. The zero-order valence-corrected chi connectivity index (χ0v) is 11.2. The van der Waals surface area contributed by atoms with Crippen molar-refractivity contribution in [2.45, 2.75) is 51.0 Å². The van der Waals surface area contributed by atoms with Gasteiger partial charge in [-0.2, -0.15) is 0 Å². The number of hydrogen-bond acceptors (Lipinski definition) is 4. The molecule has 8 nitrogen and oxygen atoms in total. The highest BCUT2D eigenvalue weighted by Crippen LogP contribution is 2.26. The highest BCUT2D eigenvalue weighted by Gasteiger charge is 2.32. The van der Waals surface area contributed by atoms with Gasteiger partial charge in [-0.05, 0) is 19.3 Å². The molecule has 0 aromatic heterocycles. The number of nitrogens with one attached hydrogen (secondary N) is 1. The first-order chi connectivity index (χ1) is 9.17. The number of aliphatic carboxylic acids is 3. The van der Waals surface area contributed by atoms with Crippen molar-refractivity contribution in [3.63, 3.8) is 0 Å². The maximum absolute atomic E-state index is 11.2. The lowest BCUT2D eigenvalue weighted by Crippen LogP contribution is -2.48. The van der Waals surface area contributed by atoms with Crippen LogP contribution in [0.15, 0.2) is 0 Å². The number of hydrogen-bond donors (Lipinski definition) is 4. The molecule has 0 bridgehead atoms. The van der Waals surface area contributed by atoms with Crippen LogP contribution in [0.4, 0.5) is 0 Å². The lowest BCUT2D eigenvalue weighted by atomic mass is 9.83. The summed E-state index contributed by atoms with van der Waals surface area (Å²) in [7, 11) is 0. The summed E-state index contributed by atoms with van der Waals surface area (Å²) in [5.41, 5.74) is -1.12. The molecule has 8 heteroatoms. The van der Waals surface area contributed by atoms with Crippen LogP contribution < -0.4 is 5.32 Å². The molecule has 0 rings (SSSR count). The lowest BCUT2D eigenvalue weighted by Gasteiger charge is -2.33. The Bertz CT molecular complexity index is 346. The second-order valence-electron chi connectivity index (χ2n) is 4.64. The second-order valence-corrected chi connectivity index (χ2v) is 4.64. The topological polar surface area (TPSA) is 141 Å². The number of amides is 1. The van der Waals surface area contributed by atoms with Crippen molar-refractivity contribution in [3.05, 3.63) is 0 Å². The third kappa shape index (κ3) is 8.06. The van der Waals surface area contributed by atoms with Crippen LogP contribution in [-0.2, 0) is 19.2 Å². The van der Waals surface area contributed by atoms with Gasteiger partial charge in [0, 0.05) is 31.7 Å². The van der Waals surface area contributed by atoms with Gasteiger partial charge in [-0.25, -0.2) is 0 Å². The molecule has 0 fully saturated rings. The summed E-state index contributed by atoms with van der Waals surface area (Å²) < 4.78 is 0. The molecule has 0 saturated heterocycles. The van der Waals surface area contributed by atoms with Gasteiger partial charge in [-0.15, -0.1) is 0 Å². The van der Waals surface area contributed by atoms with Gasteiger partial charge in [0.2, 0.25) is 5.91 Å². The number of carboxylic acids is 3. The number of carbonyl (C=O) groups excluding carboxylic acids is 1. The quantitative estimate of drug-likeness (QED) is 0.457. The van der Waals surface area contributed by atoms with E-state index >= 15 is 0 Å². The van der Waals surface area contributed by atoms with Gasteiger partial charge in [0.15, 0.2) is 0 Å². The van der Waals surface area contributed by atoms with Crippen LogP contribution in [0.2, 0.25) is 0 Å². The zero-order chi connectivity index (χ0) is 15.8. The molecule has 0 aliphatic heterocycles. The van der Waals surface area contributed by atoms with E-state index in [-0.39, 0.29) is 38.5 Å². The SMILES string of the molecule is CC(=O)NC(CCC(=O)O)(CCC(=O)O)CCC(=O)O. The van der Waals surface area contributed by atoms with E-state index in [2.05, 4.69) is 5.32 Å². The normalized spacial score (nSPS) is 10.8. The Kier molecular flexibility index (Phi) is 7.27. The summed E-state index contributed by atoms with van der Waals surface area (Å²) in [5.74, 6) is -3.73. The molecular formula is C12H19NO7. The Balaban J connectivity index is 5.02. The maximum Gasteiger partial charge on any atom is 0.303 e. The monoisotopic (exact) mass is 289 g/mol. The average molecular weight is 289 g/mol. The minimum absolute atomic E-state index is 0.0114. The molecule has 0 aliphatic rings. The number of carboxylic acid groups (broad SMARTS) is 3. The molecule has 114 valence electrons. The average Bonchev–Trinajstić information content (AvgIpc) is 2.30. The van der Waals surface area contributed by atoms with E-state index in [1.54, 1.807) is 0 Å². The first-order valence-corrected chi connectivity index (χ1v) is 6.11. The van der Waals surface area contributed by atoms with Crippen LogP contribution >= 0.6 is 0 Å². The van der Waals surface area contributed by atoms with Crippen LogP contribution in [0.3, 0.4) is 0 Å². The number of carbonyl (C=O) groups is 4. The standard InChI is InChI=1S/C12H19NO7/c1-8(14)13-12(5-2-9(15)16,6-3-10(17)18)7-4-11(19)20/h2-7H2,1H3,(H,13,14)(H,15,16)(H,17,18)(H,19,20). The predicted octanol–water partition coefficient (Wildman–Crippen LogP) is 0.456. The van der Waals surface area contributed by atoms with E-state index in [1.165, 1.54) is 6.92 Å². The molecule has 20 heavy (non-hydrogen) atoms. The van der Waals surface area contributed by atoms with Crippen molar-refractivity contribution in [2.24, 2.45) is 0 Å². The fourth-order valence-electron chi connectivity index (χ4n) is 1.97. The van der Waals surface area contributed by atoms with Gasteiger partial charge in [-0.1, -0.05) is 0 Å². The Morgan fingerprint density at radius 3 is 1.30 bits per heavy atom. The van der Waals surface area contributed by atoms with E-state index in [4.69, 9.17) is 15.3 Å². The molecule has 0 aliphatic carbocycles. The van der Waals surface area contributed by atoms with Gasteiger partial charge < -0.3 is 20.6 Å². The fraction of sp³-hybridized carbons (Fsp3) is 0.667. The minimum Gasteiger partial charge on any atom is -0.481 e. The third-order valence-electron chi connectivity index (χ3n) is 2.89. The van der Waals surface area contributed by atoms with E-state index in [0.29, 0.717) is 0 Å². The van der Waals surface area contributed by atoms with Crippen molar-refractivity contribution in [3.8, 4) is 0 Å². The Hall–Kier alpha value is -2.12. The molecule has 0 unspecified atom stereocenters. The summed E-state index contributed by atoms with van der Waals surface area (Å²) in [6, 6.07) is 0. The maximum atomic E-state index is 11.2. The summed E-state index contributed by atoms with van der Waals surface area (Å²) >= 11 is 0. The Morgan fingerprint density at radius 1 is 0.800 bits per heavy atom. The highest BCUT2D eigenvalue weighted by atomic mass is 16.4. The number of rotatable bonds is 10. The largest absolute Gasteiger partial charge is 0.481 e. The summed E-state index contributed by atoms with van der Waals surface area (Å²) in [6.45, 7) is 1.22. The third-order valence-corrected chi connectivity index (χ3v) is 2.89. The van der Waals surface area contributed by atoms with Gasteiger partial charge in [0.05, 0.1) is 0 Å². The van der Waals surface area contributed by atoms with Crippen molar-refractivity contribution in [2.75, 3.05) is 0 Å². The molecule has 0 aromatic rings. The van der Waals surface area contributed by atoms with Crippen LogP contribution in [0, 0.1) is 0 Å². The van der Waals surface area contributed by atoms with Gasteiger partial charge in [0.25, 0.3) is 0 Å². The minimum atomic E-state index is -1.12. The highest BCUT2D eigenvalue weighted by molar-refractivity contribution is 5.75. The van der Waals surface area contributed by atoms with Gasteiger partial charge in [-0.3, -0.25) is 19.2 Å². The predicted molar refractivity (Wildman–Crippen MR) is 67.2 cm³/mol. The Morgan fingerprint density at radius 2 is 1.10 bits per heavy atom. The van der Waals surface area contributed by atoms with E-state index in [1.807, 2.05) is 0 Å². The Labute approximate surface area is 115 Å². The molecule has 0 radical (unpaired) electrons. The molecule has 1 amide bonds. The van der Waals surface area contributed by atoms with Crippen molar-refractivity contribution in [1.82, 2.24) is 5.32 Å². The first-order valence-electron chi connectivity index (χ1n) is 6.11. The van der Waals surface area contributed by atoms with E-state index in [9.17, 15) is 19.2 Å². The molecular weight excluding hydrogens is 270 g/mol. The van der Waals surface area contributed by atoms with Crippen molar-refractivity contribution >= 4 is 23.8 Å².